The maximum absolute atomic E-state index is 12.2. The molecule has 33 heavy (non-hydrogen) atoms. The quantitative estimate of drug-likeness (QED) is 0.191. The lowest BCUT2D eigenvalue weighted by Gasteiger charge is -2.19. The van der Waals surface area contributed by atoms with Crippen LogP contribution in [-0.4, -0.2) is 67.5 Å². The van der Waals surface area contributed by atoms with E-state index in [2.05, 4.69) is 10.2 Å². The second-order valence-electron chi connectivity index (χ2n) is 6.98. The van der Waals surface area contributed by atoms with E-state index in [1.807, 2.05) is 42.5 Å². The van der Waals surface area contributed by atoms with Crippen molar-refractivity contribution in [3.63, 3.8) is 0 Å². The van der Waals surface area contributed by atoms with Gasteiger partial charge in [-0.2, -0.15) is 0 Å². The van der Waals surface area contributed by atoms with Crippen molar-refractivity contribution in [3.8, 4) is 5.75 Å². The first kappa shape index (κ1) is 29.3. The van der Waals surface area contributed by atoms with E-state index in [4.69, 9.17) is 37.7 Å². The fourth-order valence-electron chi connectivity index (χ4n) is 3.47. The number of ether oxygens (including phenoxy) is 2. The van der Waals surface area contributed by atoms with Gasteiger partial charge in [-0.25, -0.2) is 4.98 Å². The molecule has 0 amide bonds. The van der Waals surface area contributed by atoms with Crippen molar-refractivity contribution in [3.05, 3.63) is 42.5 Å². The highest BCUT2D eigenvalue weighted by molar-refractivity contribution is 6.18. The van der Waals surface area contributed by atoms with E-state index in [1.165, 1.54) is 0 Å². The highest BCUT2D eigenvalue weighted by atomic mass is 35.5. The minimum Gasteiger partial charge on any atom is -0.494 e. The standard InChI is InChI=1S/C23H27Cl2N3O3.2ClH/c1-30-20-8-4-6-18-22(17-5-2-3-7-19(17)27-23(18)20)26-12-9-21(29)31-16-15-28(13-10-24)14-11-25;;/h2-8H,9-16H2,1H3,(H,26,27);2*1H. The van der Waals surface area contributed by atoms with Crippen LogP contribution in [0.15, 0.2) is 42.5 Å². The molecule has 0 aliphatic carbocycles. The Morgan fingerprint density at radius 1 is 1.00 bits per heavy atom. The predicted molar refractivity (Wildman–Crippen MR) is 142 cm³/mol. The fraction of sp³-hybridized carbons (Fsp3) is 0.391. The van der Waals surface area contributed by atoms with E-state index in [-0.39, 0.29) is 37.2 Å². The van der Waals surface area contributed by atoms with Gasteiger partial charge in [-0.05, 0) is 12.1 Å². The predicted octanol–water partition coefficient (Wildman–Crippen LogP) is 5.37. The summed E-state index contributed by atoms with van der Waals surface area (Å²) >= 11 is 11.6. The van der Waals surface area contributed by atoms with Crippen molar-refractivity contribution in [2.45, 2.75) is 6.42 Å². The number of esters is 1. The Morgan fingerprint density at radius 2 is 1.70 bits per heavy atom. The third kappa shape index (κ3) is 7.94. The molecule has 0 unspecified atom stereocenters. The number of pyridine rings is 1. The third-order valence-corrected chi connectivity index (χ3v) is 5.33. The summed E-state index contributed by atoms with van der Waals surface area (Å²) < 4.78 is 10.9. The molecule has 0 radical (unpaired) electrons. The van der Waals surface area contributed by atoms with Crippen molar-refractivity contribution in [2.24, 2.45) is 0 Å². The number of alkyl halides is 2. The Kier molecular flexibility index (Phi) is 13.6. The van der Waals surface area contributed by atoms with Gasteiger partial charge in [-0.15, -0.1) is 48.0 Å². The minimum atomic E-state index is -0.246. The van der Waals surface area contributed by atoms with E-state index < -0.39 is 0 Å². The Morgan fingerprint density at radius 3 is 2.39 bits per heavy atom. The van der Waals surface area contributed by atoms with Crippen LogP contribution in [0, 0.1) is 0 Å². The number of anilines is 1. The SMILES string of the molecule is COc1cccc2c(NCCC(=O)OCCN(CCCl)CCCl)c3ccccc3nc12.Cl.Cl. The van der Waals surface area contributed by atoms with Crippen LogP contribution in [0.2, 0.25) is 0 Å². The largest absolute Gasteiger partial charge is 0.494 e. The van der Waals surface area contributed by atoms with Gasteiger partial charge in [0.2, 0.25) is 0 Å². The molecule has 1 N–H and O–H groups in total. The van der Waals surface area contributed by atoms with Gasteiger partial charge in [0, 0.05) is 48.7 Å². The van der Waals surface area contributed by atoms with Gasteiger partial charge in [0.05, 0.1) is 24.7 Å². The number of carbonyl (C=O) groups is 1. The Bertz CT molecular complexity index is 1020. The van der Waals surface area contributed by atoms with Crippen LogP contribution >= 0.6 is 48.0 Å². The molecule has 1 aromatic heterocycles. The van der Waals surface area contributed by atoms with Gasteiger partial charge in [0.15, 0.2) is 0 Å². The minimum absolute atomic E-state index is 0. The first-order chi connectivity index (χ1) is 15.2. The summed E-state index contributed by atoms with van der Waals surface area (Å²) in [6.45, 7) is 2.84. The number of carbonyl (C=O) groups excluding carboxylic acids is 1. The normalized spacial score (nSPS) is 10.5. The number of methoxy groups -OCH3 is 1. The Balaban J connectivity index is 0.00000272. The molecule has 182 valence electrons. The zero-order valence-corrected chi connectivity index (χ0v) is 21.5. The van der Waals surface area contributed by atoms with E-state index in [9.17, 15) is 4.79 Å². The highest BCUT2D eigenvalue weighted by Gasteiger charge is 2.13. The number of nitrogens with zero attached hydrogens (tertiary/aromatic N) is 2. The molecule has 3 aromatic rings. The second kappa shape index (κ2) is 15.3. The van der Waals surface area contributed by atoms with Gasteiger partial charge >= 0.3 is 5.97 Å². The molecule has 0 saturated carbocycles. The molecule has 0 spiro atoms. The van der Waals surface area contributed by atoms with Crippen LogP contribution in [0.4, 0.5) is 5.69 Å². The summed E-state index contributed by atoms with van der Waals surface area (Å²) in [7, 11) is 1.64. The fourth-order valence-corrected chi connectivity index (χ4v) is 3.95. The maximum atomic E-state index is 12.2. The molecule has 3 rings (SSSR count). The number of aromatic nitrogens is 1. The van der Waals surface area contributed by atoms with Crippen LogP contribution < -0.4 is 10.1 Å². The molecular weight excluding hydrogens is 508 g/mol. The number of benzene rings is 2. The first-order valence-electron chi connectivity index (χ1n) is 10.3. The van der Waals surface area contributed by atoms with Gasteiger partial charge < -0.3 is 14.8 Å². The van der Waals surface area contributed by atoms with Crippen molar-refractivity contribution in [2.75, 3.05) is 57.0 Å². The van der Waals surface area contributed by atoms with Gasteiger partial charge in [0.25, 0.3) is 0 Å². The number of fused-ring (bicyclic) bond motifs is 2. The Hall–Kier alpha value is -1.70. The smallest absolute Gasteiger partial charge is 0.307 e. The van der Waals surface area contributed by atoms with E-state index in [0.29, 0.717) is 37.2 Å². The number of rotatable bonds is 12. The summed E-state index contributed by atoms with van der Waals surface area (Å²) in [6, 6.07) is 13.7. The number of hydrogen-bond donors (Lipinski definition) is 1. The molecule has 1 heterocycles. The van der Waals surface area contributed by atoms with Crippen molar-refractivity contribution in [1.82, 2.24) is 9.88 Å². The maximum Gasteiger partial charge on any atom is 0.307 e. The van der Waals surface area contributed by atoms with E-state index in [0.717, 1.165) is 40.6 Å². The van der Waals surface area contributed by atoms with E-state index >= 15 is 0 Å². The summed E-state index contributed by atoms with van der Waals surface area (Å²) in [5, 5.41) is 5.35. The monoisotopic (exact) mass is 535 g/mol. The van der Waals surface area contributed by atoms with Crippen LogP contribution in [-0.2, 0) is 9.53 Å². The highest BCUT2D eigenvalue weighted by Crippen LogP contribution is 2.34. The topological polar surface area (TPSA) is 63.7 Å². The molecule has 0 saturated heterocycles. The average Bonchev–Trinajstić information content (AvgIpc) is 2.78. The van der Waals surface area contributed by atoms with Crippen molar-refractivity contribution >= 4 is 81.5 Å². The molecule has 0 aliphatic heterocycles. The summed E-state index contributed by atoms with van der Waals surface area (Å²) in [5.74, 6) is 1.51. The van der Waals surface area contributed by atoms with Crippen LogP contribution in [0.1, 0.15) is 6.42 Å². The van der Waals surface area contributed by atoms with Gasteiger partial charge in [-0.1, -0.05) is 30.3 Å². The van der Waals surface area contributed by atoms with Crippen LogP contribution in [0.25, 0.3) is 21.8 Å². The number of nitrogens with one attached hydrogen (secondary N) is 1. The zero-order valence-electron chi connectivity index (χ0n) is 18.4. The van der Waals surface area contributed by atoms with Crippen molar-refractivity contribution in [1.29, 1.82) is 0 Å². The molecular formula is C23H29Cl4N3O3. The summed E-state index contributed by atoms with van der Waals surface area (Å²) in [4.78, 5) is 19.0. The lowest BCUT2D eigenvalue weighted by molar-refractivity contribution is -0.143. The second-order valence-corrected chi connectivity index (χ2v) is 7.73. The lowest BCUT2D eigenvalue weighted by atomic mass is 10.1. The van der Waals surface area contributed by atoms with Gasteiger partial charge in [0.1, 0.15) is 17.9 Å². The lowest BCUT2D eigenvalue weighted by Crippen LogP contribution is -2.32. The van der Waals surface area contributed by atoms with E-state index in [1.54, 1.807) is 7.11 Å². The number of para-hydroxylation sites is 2. The average molecular weight is 537 g/mol. The summed E-state index contributed by atoms with van der Waals surface area (Å²) in [5.41, 5.74) is 2.58. The first-order valence-corrected chi connectivity index (χ1v) is 11.3. The Labute approximate surface area is 216 Å². The van der Waals surface area contributed by atoms with Gasteiger partial charge in [-0.3, -0.25) is 9.69 Å². The zero-order chi connectivity index (χ0) is 22.1. The molecule has 6 nitrogen and oxygen atoms in total. The number of hydrogen-bond acceptors (Lipinski definition) is 6. The van der Waals surface area contributed by atoms with Crippen molar-refractivity contribution < 1.29 is 14.3 Å². The molecule has 0 fully saturated rings. The molecule has 0 bridgehead atoms. The molecule has 2 aromatic carbocycles. The molecule has 10 heteroatoms. The molecule has 0 atom stereocenters. The summed E-state index contributed by atoms with van der Waals surface area (Å²) in [6.07, 6.45) is 0.257. The third-order valence-electron chi connectivity index (χ3n) is 5.00. The number of halogens is 4. The van der Waals surface area contributed by atoms with Crippen LogP contribution in [0.5, 0.6) is 5.75 Å². The van der Waals surface area contributed by atoms with Crippen LogP contribution in [0.3, 0.4) is 0 Å². The molecule has 0 aliphatic rings.